The van der Waals surface area contributed by atoms with Gasteiger partial charge >= 0.3 is 0 Å². The Kier molecular flexibility index (Phi) is 4.42. The Bertz CT molecular complexity index is 299. The molecule has 0 aliphatic carbocycles. The first-order chi connectivity index (χ1) is 6.69. The van der Waals surface area contributed by atoms with Crippen LogP contribution >= 0.6 is 15.9 Å². The molecular formula is C11H15BrO2. The van der Waals surface area contributed by atoms with Gasteiger partial charge in [-0.25, -0.2) is 0 Å². The van der Waals surface area contributed by atoms with Crippen LogP contribution in [0.3, 0.4) is 0 Å². The lowest BCUT2D eigenvalue weighted by Crippen LogP contribution is -2.01. The predicted molar refractivity (Wildman–Crippen MR) is 60.8 cm³/mol. The van der Waals surface area contributed by atoms with E-state index in [1.165, 1.54) is 0 Å². The number of halogens is 1. The van der Waals surface area contributed by atoms with E-state index in [1.54, 1.807) is 0 Å². The molecule has 0 radical (unpaired) electrons. The van der Waals surface area contributed by atoms with Gasteiger partial charge in [0.15, 0.2) is 0 Å². The SMILES string of the molecule is CCOc1ccc(Br)c(C(C)CO)c1. The number of aliphatic hydroxyl groups excluding tert-OH is 1. The summed E-state index contributed by atoms with van der Waals surface area (Å²) in [6, 6.07) is 5.84. The first-order valence-corrected chi connectivity index (χ1v) is 5.51. The van der Waals surface area contributed by atoms with Crippen molar-refractivity contribution in [2.75, 3.05) is 13.2 Å². The minimum atomic E-state index is 0.129. The van der Waals surface area contributed by atoms with Crippen molar-refractivity contribution in [1.82, 2.24) is 0 Å². The Balaban J connectivity index is 2.95. The third-order valence-electron chi connectivity index (χ3n) is 2.08. The maximum atomic E-state index is 9.07. The summed E-state index contributed by atoms with van der Waals surface area (Å²) in [6.07, 6.45) is 0. The van der Waals surface area contributed by atoms with Crippen molar-refractivity contribution in [2.45, 2.75) is 19.8 Å². The van der Waals surface area contributed by atoms with Crippen LogP contribution in [0.4, 0.5) is 0 Å². The molecule has 0 aromatic heterocycles. The lowest BCUT2D eigenvalue weighted by molar-refractivity contribution is 0.272. The molecule has 14 heavy (non-hydrogen) atoms. The zero-order valence-electron chi connectivity index (χ0n) is 8.46. The summed E-state index contributed by atoms with van der Waals surface area (Å²) in [7, 11) is 0. The highest BCUT2D eigenvalue weighted by Crippen LogP contribution is 2.28. The molecule has 1 aromatic carbocycles. The van der Waals surface area contributed by atoms with E-state index in [1.807, 2.05) is 32.0 Å². The minimum absolute atomic E-state index is 0.129. The molecule has 0 aliphatic heterocycles. The number of rotatable bonds is 4. The lowest BCUT2D eigenvalue weighted by Gasteiger charge is -2.12. The molecular weight excluding hydrogens is 244 g/mol. The number of ether oxygens (including phenoxy) is 1. The average Bonchev–Trinajstić information content (AvgIpc) is 2.20. The lowest BCUT2D eigenvalue weighted by atomic mass is 10.0. The van der Waals surface area contributed by atoms with E-state index in [4.69, 9.17) is 9.84 Å². The third-order valence-corrected chi connectivity index (χ3v) is 2.81. The molecule has 0 spiro atoms. The average molecular weight is 259 g/mol. The van der Waals surface area contributed by atoms with Gasteiger partial charge in [0, 0.05) is 17.0 Å². The van der Waals surface area contributed by atoms with E-state index >= 15 is 0 Å². The molecule has 0 bridgehead atoms. The zero-order chi connectivity index (χ0) is 10.6. The van der Waals surface area contributed by atoms with E-state index in [2.05, 4.69) is 15.9 Å². The highest BCUT2D eigenvalue weighted by Gasteiger charge is 2.09. The summed E-state index contributed by atoms with van der Waals surface area (Å²) < 4.78 is 6.41. The van der Waals surface area contributed by atoms with Gasteiger partial charge in [0.05, 0.1) is 6.61 Å². The van der Waals surface area contributed by atoms with Crippen molar-refractivity contribution in [3.63, 3.8) is 0 Å². The maximum absolute atomic E-state index is 9.07. The Morgan fingerprint density at radius 3 is 2.79 bits per heavy atom. The highest BCUT2D eigenvalue weighted by molar-refractivity contribution is 9.10. The Hall–Kier alpha value is -0.540. The Morgan fingerprint density at radius 2 is 2.21 bits per heavy atom. The summed E-state index contributed by atoms with van der Waals surface area (Å²) in [6.45, 7) is 4.75. The molecule has 0 amide bonds. The van der Waals surface area contributed by atoms with Crippen LogP contribution in [0.15, 0.2) is 22.7 Å². The fourth-order valence-corrected chi connectivity index (χ4v) is 1.89. The van der Waals surface area contributed by atoms with Crippen LogP contribution in [0.25, 0.3) is 0 Å². The molecule has 1 N–H and O–H groups in total. The number of hydrogen-bond donors (Lipinski definition) is 1. The first-order valence-electron chi connectivity index (χ1n) is 4.72. The van der Waals surface area contributed by atoms with Gasteiger partial charge in [-0.1, -0.05) is 22.9 Å². The van der Waals surface area contributed by atoms with Crippen molar-refractivity contribution in [1.29, 1.82) is 0 Å². The van der Waals surface area contributed by atoms with E-state index in [9.17, 15) is 0 Å². The van der Waals surface area contributed by atoms with Gasteiger partial charge in [-0.3, -0.25) is 0 Å². The van der Waals surface area contributed by atoms with Crippen LogP contribution in [-0.2, 0) is 0 Å². The molecule has 1 atom stereocenters. The van der Waals surface area contributed by atoms with Gasteiger partial charge < -0.3 is 9.84 Å². The van der Waals surface area contributed by atoms with Crippen molar-refractivity contribution in [2.24, 2.45) is 0 Å². The third kappa shape index (κ3) is 2.72. The van der Waals surface area contributed by atoms with Crippen LogP contribution in [0.2, 0.25) is 0 Å². The van der Waals surface area contributed by atoms with Gasteiger partial charge in [0.1, 0.15) is 5.75 Å². The van der Waals surface area contributed by atoms with Crippen LogP contribution in [0.5, 0.6) is 5.75 Å². The number of hydrogen-bond acceptors (Lipinski definition) is 2. The van der Waals surface area contributed by atoms with Crippen LogP contribution in [-0.4, -0.2) is 18.3 Å². The molecule has 78 valence electrons. The van der Waals surface area contributed by atoms with Crippen molar-refractivity contribution in [3.8, 4) is 5.75 Å². The molecule has 1 aromatic rings. The largest absolute Gasteiger partial charge is 0.494 e. The van der Waals surface area contributed by atoms with Gasteiger partial charge in [-0.2, -0.15) is 0 Å². The monoisotopic (exact) mass is 258 g/mol. The predicted octanol–water partition coefficient (Wildman–Crippen LogP) is 2.94. The number of aliphatic hydroxyl groups is 1. The fourth-order valence-electron chi connectivity index (χ4n) is 1.25. The summed E-state index contributed by atoms with van der Waals surface area (Å²) in [5.74, 6) is 0.982. The Morgan fingerprint density at radius 1 is 1.50 bits per heavy atom. The van der Waals surface area contributed by atoms with Crippen LogP contribution in [0.1, 0.15) is 25.3 Å². The van der Waals surface area contributed by atoms with E-state index in [-0.39, 0.29) is 12.5 Å². The summed E-state index contributed by atoms with van der Waals surface area (Å²) >= 11 is 3.46. The second kappa shape index (κ2) is 5.37. The van der Waals surface area contributed by atoms with Crippen molar-refractivity contribution < 1.29 is 9.84 Å². The molecule has 0 aliphatic rings. The molecule has 0 heterocycles. The van der Waals surface area contributed by atoms with E-state index in [0.29, 0.717) is 6.61 Å². The van der Waals surface area contributed by atoms with Crippen LogP contribution in [0, 0.1) is 0 Å². The molecule has 0 saturated carbocycles. The maximum Gasteiger partial charge on any atom is 0.119 e. The smallest absolute Gasteiger partial charge is 0.119 e. The van der Waals surface area contributed by atoms with E-state index < -0.39 is 0 Å². The second-order valence-electron chi connectivity index (χ2n) is 3.20. The zero-order valence-corrected chi connectivity index (χ0v) is 10.0. The number of benzene rings is 1. The molecule has 0 saturated heterocycles. The first kappa shape index (κ1) is 11.5. The molecule has 0 fully saturated rings. The molecule has 1 unspecified atom stereocenters. The van der Waals surface area contributed by atoms with Crippen molar-refractivity contribution in [3.05, 3.63) is 28.2 Å². The fraction of sp³-hybridized carbons (Fsp3) is 0.455. The molecule has 2 nitrogen and oxygen atoms in total. The normalized spacial score (nSPS) is 12.6. The quantitative estimate of drug-likeness (QED) is 0.900. The highest BCUT2D eigenvalue weighted by atomic mass is 79.9. The van der Waals surface area contributed by atoms with Crippen LogP contribution < -0.4 is 4.74 Å². The standard InChI is InChI=1S/C11H15BrO2/c1-3-14-9-4-5-11(12)10(6-9)8(2)7-13/h4-6,8,13H,3,7H2,1-2H3. The molecule has 3 heteroatoms. The molecule has 1 rings (SSSR count). The van der Waals surface area contributed by atoms with Gasteiger partial charge in [-0.05, 0) is 30.7 Å². The van der Waals surface area contributed by atoms with Gasteiger partial charge in [0.25, 0.3) is 0 Å². The summed E-state index contributed by atoms with van der Waals surface area (Å²) in [5.41, 5.74) is 1.08. The Labute approximate surface area is 93.0 Å². The van der Waals surface area contributed by atoms with Gasteiger partial charge in [0.2, 0.25) is 0 Å². The van der Waals surface area contributed by atoms with Gasteiger partial charge in [-0.15, -0.1) is 0 Å². The summed E-state index contributed by atoms with van der Waals surface area (Å²) in [4.78, 5) is 0. The van der Waals surface area contributed by atoms with Crippen molar-refractivity contribution >= 4 is 15.9 Å². The topological polar surface area (TPSA) is 29.5 Å². The minimum Gasteiger partial charge on any atom is -0.494 e. The second-order valence-corrected chi connectivity index (χ2v) is 4.05. The van der Waals surface area contributed by atoms with E-state index in [0.717, 1.165) is 15.8 Å². The summed E-state index contributed by atoms with van der Waals surface area (Å²) in [5, 5.41) is 9.07.